The van der Waals surface area contributed by atoms with E-state index in [0.29, 0.717) is 11.3 Å². The number of ketones is 1. The quantitative estimate of drug-likeness (QED) is 0.385. The van der Waals surface area contributed by atoms with E-state index in [4.69, 9.17) is 13.9 Å². The van der Waals surface area contributed by atoms with Gasteiger partial charge < -0.3 is 13.9 Å². The van der Waals surface area contributed by atoms with Crippen LogP contribution in [-0.2, 0) is 0 Å². The Morgan fingerprint density at radius 2 is 1.85 bits per heavy atom. The second kappa shape index (κ2) is 7.17. The standard InChI is InChI=1S/C22H14O5/c23-21-17-12-11-16(26-22(24)19-10-5-13-25-19)14-20(17)27-18(21)9-4-8-15-6-2-1-3-7-15/h1-14H/b8-4+,18-9+. The minimum atomic E-state index is -0.620. The van der Waals surface area contributed by atoms with E-state index in [9.17, 15) is 9.59 Å². The molecule has 1 aliphatic heterocycles. The van der Waals surface area contributed by atoms with Gasteiger partial charge in [-0.15, -0.1) is 0 Å². The molecule has 4 rings (SSSR count). The van der Waals surface area contributed by atoms with Gasteiger partial charge in [0.05, 0.1) is 11.8 Å². The molecule has 2 aromatic carbocycles. The topological polar surface area (TPSA) is 65.7 Å². The predicted molar refractivity (Wildman–Crippen MR) is 98.6 cm³/mol. The van der Waals surface area contributed by atoms with Gasteiger partial charge in [-0.1, -0.05) is 42.5 Å². The summed E-state index contributed by atoms with van der Waals surface area (Å²) in [6.07, 6.45) is 6.64. The van der Waals surface area contributed by atoms with Crippen LogP contribution in [0.5, 0.6) is 11.5 Å². The Balaban J connectivity index is 1.49. The molecule has 2 heterocycles. The minimum Gasteiger partial charge on any atom is -0.457 e. The number of fused-ring (bicyclic) bond motifs is 1. The van der Waals surface area contributed by atoms with Gasteiger partial charge in [-0.3, -0.25) is 4.79 Å². The maximum absolute atomic E-state index is 12.4. The molecule has 0 radical (unpaired) electrons. The van der Waals surface area contributed by atoms with Gasteiger partial charge in [0, 0.05) is 6.07 Å². The van der Waals surface area contributed by atoms with Crippen LogP contribution >= 0.6 is 0 Å². The van der Waals surface area contributed by atoms with E-state index in [1.54, 1.807) is 30.4 Å². The number of esters is 1. The Labute approximate surface area is 155 Å². The van der Waals surface area contributed by atoms with Gasteiger partial charge in [0.25, 0.3) is 0 Å². The SMILES string of the molecule is O=C(Oc1ccc2c(c1)O/C(=C/C=C/c1ccccc1)C2=O)c1ccco1. The van der Waals surface area contributed by atoms with Crippen molar-refractivity contribution in [3.05, 3.63) is 102 Å². The van der Waals surface area contributed by atoms with Gasteiger partial charge in [-0.25, -0.2) is 4.79 Å². The molecular weight excluding hydrogens is 344 g/mol. The largest absolute Gasteiger partial charge is 0.457 e. The van der Waals surface area contributed by atoms with Crippen molar-refractivity contribution < 1.29 is 23.5 Å². The number of hydrogen-bond acceptors (Lipinski definition) is 5. The molecule has 0 bridgehead atoms. The van der Waals surface area contributed by atoms with E-state index in [0.717, 1.165) is 5.56 Å². The zero-order valence-corrected chi connectivity index (χ0v) is 14.1. The molecule has 5 nitrogen and oxygen atoms in total. The molecule has 27 heavy (non-hydrogen) atoms. The van der Waals surface area contributed by atoms with E-state index >= 15 is 0 Å². The van der Waals surface area contributed by atoms with E-state index in [1.807, 2.05) is 36.4 Å². The molecule has 3 aromatic rings. The summed E-state index contributed by atoms with van der Waals surface area (Å²) in [7, 11) is 0. The van der Waals surface area contributed by atoms with Crippen molar-refractivity contribution in [2.75, 3.05) is 0 Å². The average Bonchev–Trinajstić information content (AvgIpc) is 3.32. The van der Waals surface area contributed by atoms with Crippen molar-refractivity contribution in [2.24, 2.45) is 0 Å². The van der Waals surface area contributed by atoms with Crippen LogP contribution in [0.2, 0.25) is 0 Å². The third-order valence-electron chi connectivity index (χ3n) is 3.91. The van der Waals surface area contributed by atoms with Crippen molar-refractivity contribution in [3.63, 3.8) is 0 Å². The Morgan fingerprint density at radius 1 is 1.00 bits per heavy atom. The first-order chi connectivity index (χ1) is 13.2. The lowest BCUT2D eigenvalue weighted by molar-refractivity contribution is 0.0701. The number of benzene rings is 2. The summed E-state index contributed by atoms with van der Waals surface area (Å²) in [5.74, 6) is 0.0939. The summed E-state index contributed by atoms with van der Waals surface area (Å²) < 4.78 is 15.9. The summed E-state index contributed by atoms with van der Waals surface area (Å²) in [6.45, 7) is 0. The summed E-state index contributed by atoms with van der Waals surface area (Å²) in [6, 6.07) is 17.5. The van der Waals surface area contributed by atoms with Crippen LogP contribution in [0.1, 0.15) is 26.5 Å². The first-order valence-corrected chi connectivity index (χ1v) is 8.26. The number of furan rings is 1. The molecule has 0 fully saturated rings. The lowest BCUT2D eigenvalue weighted by Gasteiger charge is -2.03. The van der Waals surface area contributed by atoms with E-state index < -0.39 is 5.97 Å². The number of hydrogen-bond donors (Lipinski definition) is 0. The molecule has 0 N–H and O–H groups in total. The lowest BCUT2D eigenvalue weighted by atomic mass is 10.1. The monoisotopic (exact) mass is 358 g/mol. The van der Waals surface area contributed by atoms with Gasteiger partial charge >= 0.3 is 5.97 Å². The molecule has 0 amide bonds. The van der Waals surface area contributed by atoms with E-state index in [-0.39, 0.29) is 23.1 Å². The van der Waals surface area contributed by atoms with E-state index in [1.165, 1.54) is 18.4 Å². The first kappa shape index (κ1) is 16.6. The van der Waals surface area contributed by atoms with Crippen molar-refractivity contribution in [3.8, 4) is 11.5 Å². The fraction of sp³-hybridized carbons (Fsp3) is 0. The van der Waals surface area contributed by atoms with Crippen molar-refractivity contribution in [2.45, 2.75) is 0 Å². The molecule has 1 aromatic heterocycles. The van der Waals surface area contributed by atoms with Crippen LogP contribution in [0.25, 0.3) is 6.08 Å². The third-order valence-corrected chi connectivity index (χ3v) is 3.91. The number of ether oxygens (including phenoxy) is 2. The average molecular weight is 358 g/mol. The summed E-state index contributed by atoms with van der Waals surface area (Å²) in [4.78, 5) is 24.3. The number of carbonyl (C=O) groups is 2. The summed E-state index contributed by atoms with van der Waals surface area (Å²) in [5, 5.41) is 0. The second-order valence-corrected chi connectivity index (χ2v) is 5.76. The fourth-order valence-corrected chi connectivity index (χ4v) is 2.61. The molecule has 0 saturated carbocycles. The molecule has 1 aliphatic rings. The van der Waals surface area contributed by atoms with Crippen LogP contribution in [0.15, 0.2) is 89.3 Å². The highest BCUT2D eigenvalue weighted by Crippen LogP contribution is 2.34. The number of Topliss-reactive ketones (excluding diaryl/α,β-unsaturated/α-hetero) is 1. The number of allylic oxidation sites excluding steroid dienone is 3. The van der Waals surface area contributed by atoms with Gasteiger partial charge in [0.1, 0.15) is 11.5 Å². The Kier molecular flexibility index (Phi) is 4.41. The fourth-order valence-electron chi connectivity index (χ4n) is 2.61. The first-order valence-electron chi connectivity index (χ1n) is 8.26. The molecule has 0 unspecified atom stereocenters. The van der Waals surface area contributed by atoms with Crippen molar-refractivity contribution >= 4 is 17.8 Å². The zero-order chi connectivity index (χ0) is 18.6. The smallest absolute Gasteiger partial charge is 0.379 e. The lowest BCUT2D eigenvalue weighted by Crippen LogP contribution is -2.07. The highest BCUT2D eigenvalue weighted by molar-refractivity contribution is 6.12. The number of rotatable bonds is 4. The molecule has 0 atom stereocenters. The maximum atomic E-state index is 12.4. The van der Waals surface area contributed by atoms with Gasteiger partial charge in [0.2, 0.25) is 11.5 Å². The second-order valence-electron chi connectivity index (χ2n) is 5.76. The van der Waals surface area contributed by atoms with Crippen LogP contribution < -0.4 is 9.47 Å². The maximum Gasteiger partial charge on any atom is 0.379 e. The zero-order valence-electron chi connectivity index (χ0n) is 14.1. The number of carbonyl (C=O) groups excluding carboxylic acids is 2. The van der Waals surface area contributed by atoms with Crippen molar-refractivity contribution in [1.29, 1.82) is 0 Å². The summed E-state index contributed by atoms with van der Waals surface area (Å²) in [5.41, 5.74) is 1.44. The summed E-state index contributed by atoms with van der Waals surface area (Å²) >= 11 is 0. The van der Waals surface area contributed by atoms with Gasteiger partial charge in [-0.2, -0.15) is 0 Å². The highest BCUT2D eigenvalue weighted by atomic mass is 16.5. The Morgan fingerprint density at radius 3 is 2.63 bits per heavy atom. The normalized spacial score (nSPS) is 14.4. The van der Waals surface area contributed by atoms with Crippen LogP contribution in [-0.4, -0.2) is 11.8 Å². The Hall–Kier alpha value is -3.86. The highest BCUT2D eigenvalue weighted by Gasteiger charge is 2.27. The molecule has 0 saturated heterocycles. The van der Waals surface area contributed by atoms with Gasteiger partial charge in [-0.05, 0) is 35.9 Å². The molecule has 0 aliphatic carbocycles. The van der Waals surface area contributed by atoms with Crippen LogP contribution in [0.3, 0.4) is 0 Å². The van der Waals surface area contributed by atoms with Crippen LogP contribution in [0.4, 0.5) is 0 Å². The molecular formula is C22H14O5. The third kappa shape index (κ3) is 3.57. The molecule has 0 spiro atoms. The predicted octanol–water partition coefficient (Wildman–Crippen LogP) is 4.67. The molecule has 132 valence electrons. The Bertz CT molecular complexity index is 1040. The van der Waals surface area contributed by atoms with Gasteiger partial charge in [0.15, 0.2) is 5.76 Å². The minimum absolute atomic E-state index is 0.0964. The van der Waals surface area contributed by atoms with E-state index in [2.05, 4.69) is 0 Å². The van der Waals surface area contributed by atoms with Crippen LogP contribution in [0, 0.1) is 0 Å². The molecule has 5 heteroatoms. The van der Waals surface area contributed by atoms with Crippen molar-refractivity contribution in [1.82, 2.24) is 0 Å².